The number of nitrogens with zero attached hydrogens (tertiary/aromatic N) is 4. The van der Waals surface area contributed by atoms with Crippen molar-refractivity contribution in [3.05, 3.63) is 81.5 Å². The third-order valence-corrected chi connectivity index (χ3v) is 8.84. The van der Waals surface area contributed by atoms with E-state index in [0.717, 1.165) is 17.2 Å². The van der Waals surface area contributed by atoms with Crippen molar-refractivity contribution >= 4 is 49.6 Å². The van der Waals surface area contributed by atoms with Gasteiger partial charge in [0.05, 0.1) is 23.0 Å². The van der Waals surface area contributed by atoms with Crippen LogP contribution in [0.2, 0.25) is 5.02 Å². The fourth-order valence-electron chi connectivity index (χ4n) is 3.99. The van der Waals surface area contributed by atoms with Crippen molar-refractivity contribution in [2.75, 3.05) is 6.54 Å². The third-order valence-electron chi connectivity index (χ3n) is 5.68. The van der Waals surface area contributed by atoms with E-state index in [-0.39, 0.29) is 23.4 Å². The number of fused-ring (bicyclic) bond motifs is 1. The molecule has 2 aromatic carbocycles. The molecule has 0 spiro atoms. The Labute approximate surface area is 205 Å². The normalized spacial score (nSPS) is 16.7. The van der Waals surface area contributed by atoms with Gasteiger partial charge in [0.15, 0.2) is 0 Å². The summed E-state index contributed by atoms with van der Waals surface area (Å²) < 4.78 is 28.5. The van der Waals surface area contributed by atoms with Crippen LogP contribution >= 0.6 is 22.9 Å². The Hall–Kier alpha value is -2.92. The number of sulfonamides is 1. The largest absolute Gasteiger partial charge is 0.345 e. The Morgan fingerprint density at radius 2 is 2.00 bits per heavy atom. The van der Waals surface area contributed by atoms with Crippen LogP contribution in [-0.4, -0.2) is 40.4 Å². The average Bonchev–Trinajstić information content (AvgIpc) is 3.52. The van der Waals surface area contributed by atoms with Crippen molar-refractivity contribution in [1.29, 1.82) is 0 Å². The van der Waals surface area contributed by atoms with Crippen LogP contribution in [0.15, 0.2) is 65.8 Å². The molecule has 5 rings (SSSR count). The fraction of sp³-hybridized carbons (Fsp3) is 0.217. The summed E-state index contributed by atoms with van der Waals surface area (Å²) in [4.78, 5) is 16.4. The molecule has 1 unspecified atom stereocenters. The highest BCUT2D eigenvalue weighted by molar-refractivity contribution is 7.89. The number of carbonyl (C=O) groups excluding carboxylic acids is 1. The van der Waals surface area contributed by atoms with Crippen LogP contribution in [0.3, 0.4) is 0 Å². The van der Waals surface area contributed by atoms with Crippen LogP contribution < -0.4 is 5.32 Å². The molecule has 1 aliphatic heterocycles. The van der Waals surface area contributed by atoms with E-state index in [1.54, 1.807) is 48.7 Å². The Morgan fingerprint density at radius 3 is 2.82 bits per heavy atom. The van der Waals surface area contributed by atoms with Crippen LogP contribution in [0.4, 0.5) is 0 Å². The predicted molar refractivity (Wildman–Crippen MR) is 130 cm³/mol. The monoisotopic (exact) mass is 513 g/mol. The molecular weight excluding hydrogens is 494 g/mol. The Bertz CT molecular complexity index is 1460. The van der Waals surface area contributed by atoms with Gasteiger partial charge in [0.2, 0.25) is 10.0 Å². The second-order valence-corrected chi connectivity index (χ2v) is 11.3. The summed E-state index contributed by atoms with van der Waals surface area (Å²) in [7, 11) is -3.74. The molecule has 1 amide bonds. The van der Waals surface area contributed by atoms with Crippen LogP contribution in [-0.2, 0) is 16.6 Å². The number of hydrogen-bond donors (Lipinski definition) is 1. The van der Waals surface area contributed by atoms with Crippen molar-refractivity contribution in [3.63, 3.8) is 0 Å². The molecule has 11 heteroatoms. The molecule has 2 aromatic heterocycles. The lowest BCUT2D eigenvalue weighted by Gasteiger charge is -2.22. The van der Waals surface area contributed by atoms with Crippen LogP contribution in [0.25, 0.3) is 10.8 Å². The van der Waals surface area contributed by atoms with E-state index < -0.39 is 10.0 Å². The van der Waals surface area contributed by atoms with Crippen molar-refractivity contribution < 1.29 is 13.2 Å². The lowest BCUT2D eigenvalue weighted by Crippen LogP contribution is -2.30. The summed E-state index contributed by atoms with van der Waals surface area (Å²) in [6, 6.07) is 13.5. The number of halogens is 1. The SMILES string of the molecule is O=C(NCc1nnc(C2CCCN2S(=O)(=O)c2ccc3ccc(Cl)cc3c2)s1)c1cccnc1. The number of nitrogens with one attached hydrogen (secondary N) is 1. The second kappa shape index (κ2) is 9.38. The molecular formula is C23H20ClN5O3S2. The van der Waals surface area contributed by atoms with Gasteiger partial charge < -0.3 is 5.32 Å². The maximum Gasteiger partial charge on any atom is 0.253 e. The highest BCUT2D eigenvalue weighted by Crippen LogP contribution is 2.38. The Kier molecular flexibility index (Phi) is 6.30. The zero-order valence-electron chi connectivity index (χ0n) is 17.9. The molecule has 0 bridgehead atoms. The molecule has 0 saturated carbocycles. The number of rotatable bonds is 6. The lowest BCUT2D eigenvalue weighted by molar-refractivity contribution is 0.0950. The maximum absolute atomic E-state index is 13.5. The molecule has 4 aromatic rings. The number of amides is 1. The van der Waals surface area contributed by atoms with Gasteiger partial charge in [-0.3, -0.25) is 9.78 Å². The van der Waals surface area contributed by atoms with E-state index >= 15 is 0 Å². The molecule has 0 radical (unpaired) electrons. The molecule has 0 aliphatic carbocycles. The van der Waals surface area contributed by atoms with E-state index in [2.05, 4.69) is 20.5 Å². The topological polar surface area (TPSA) is 105 Å². The van der Waals surface area contributed by atoms with Gasteiger partial charge in [-0.2, -0.15) is 4.31 Å². The van der Waals surface area contributed by atoms with Gasteiger partial charge in [-0.05, 0) is 60.0 Å². The molecule has 1 fully saturated rings. The molecule has 1 saturated heterocycles. The van der Waals surface area contributed by atoms with E-state index in [0.29, 0.717) is 33.6 Å². The molecule has 8 nitrogen and oxygen atoms in total. The van der Waals surface area contributed by atoms with Gasteiger partial charge in [-0.15, -0.1) is 10.2 Å². The minimum atomic E-state index is -3.74. The first kappa shape index (κ1) is 22.9. The standard InChI is InChI=1S/C23H20ClN5O3S2/c24-18-7-5-15-6-8-19(12-17(15)11-18)34(31,32)29-10-2-4-20(29)23-28-27-21(33-23)14-26-22(30)16-3-1-9-25-13-16/h1,3,5-9,11-13,20H,2,4,10,14H2,(H,26,30). The second-order valence-electron chi connectivity index (χ2n) is 7.89. The molecule has 1 N–H and O–H groups in total. The number of benzene rings is 2. The number of carbonyl (C=O) groups is 1. The van der Waals surface area contributed by atoms with E-state index in [1.165, 1.54) is 21.8 Å². The average molecular weight is 514 g/mol. The summed E-state index contributed by atoms with van der Waals surface area (Å²) >= 11 is 7.41. The van der Waals surface area contributed by atoms with Crippen molar-refractivity contribution in [2.45, 2.75) is 30.3 Å². The van der Waals surface area contributed by atoms with Gasteiger partial charge in [-0.25, -0.2) is 8.42 Å². The first-order valence-corrected chi connectivity index (χ1v) is 13.3. The van der Waals surface area contributed by atoms with Gasteiger partial charge in [0.1, 0.15) is 10.0 Å². The van der Waals surface area contributed by atoms with E-state index in [4.69, 9.17) is 11.6 Å². The van der Waals surface area contributed by atoms with E-state index in [9.17, 15) is 13.2 Å². The summed E-state index contributed by atoms with van der Waals surface area (Å²) in [5.41, 5.74) is 0.456. The minimum absolute atomic E-state index is 0.205. The van der Waals surface area contributed by atoms with Gasteiger partial charge in [0, 0.05) is 24.0 Å². The molecule has 34 heavy (non-hydrogen) atoms. The van der Waals surface area contributed by atoms with Crippen LogP contribution in [0.1, 0.15) is 39.3 Å². The predicted octanol–water partition coefficient (Wildman–Crippen LogP) is 4.20. The third kappa shape index (κ3) is 4.54. The number of hydrogen-bond acceptors (Lipinski definition) is 7. The van der Waals surface area contributed by atoms with Gasteiger partial charge >= 0.3 is 0 Å². The summed E-state index contributed by atoms with van der Waals surface area (Å²) in [6.45, 7) is 0.615. The van der Waals surface area contributed by atoms with Gasteiger partial charge in [0.25, 0.3) is 5.91 Å². The molecule has 1 atom stereocenters. The summed E-state index contributed by atoms with van der Waals surface area (Å²) in [5, 5.41) is 14.7. The lowest BCUT2D eigenvalue weighted by atomic mass is 10.1. The highest BCUT2D eigenvalue weighted by Gasteiger charge is 2.38. The van der Waals surface area contributed by atoms with E-state index in [1.807, 2.05) is 6.07 Å². The molecule has 3 heterocycles. The van der Waals surface area contributed by atoms with Crippen molar-refractivity contribution in [1.82, 2.24) is 24.8 Å². The van der Waals surface area contributed by atoms with Crippen molar-refractivity contribution in [2.24, 2.45) is 0 Å². The first-order chi connectivity index (χ1) is 16.4. The summed E-state index contributed by atoms with van der Waals surface area (Å²) in [6.07, 6.45) is 4.48. The zero-order chi connectivity index (χ0) is 23.7. The summed E-state index contributed by atoms with van der Waals surface area (Å²) in [5.74, 6) is -0.258. The van der Waals surface area contributed by atoms with Crippen LogP contribution in [0, 0.1) is 0 Å². The minimum Gasteiger partial charge on any atom is -0.345 e. The van der Waals surface area contributed by atoms with Crippen LogP contribution in [0.5, 0.6) is 0 Å². The number of pyridine rings is 1. The Balaban J connectivity index is 1.34. The number of aromatic nitrogens is 3. The quantitative estimate of drug-likeness (QED) is 0.414. The molecule has 174 valence electrons. The zero-order valence-corrected chi connectivity index (χ0v) is 20.3. The Morgan fingerprint density at radius 1 is 1.15 bits per heavy atom. The maximum atomic E-state index is 13.5. The first-order valence-electron chi connectivity index (χ1n) is 10.6. The molecule has 1 aliphatic rings. The smallest absolute Gasteiger partial charge is 0.253 e. The van der Waals surface area contributed by atoms with Crippen molar-refractivity contribution in [3.8, 4) is 0 Å². The van der Waals surface area contributed by atoms with Gasteiger partial charge in [-0.1, -0.05) is 35.1 Å². The highest BCUT2D eigenvalue weighted by atomic mass is 35.5. The fourth-order valence-corrected chi connectivity index (χ4v) is 6.87.